The zero-order chi connectivity index (χ0) is 10.6. The molecule has 1 saturated heterocycles. The van der Waals surface area contributed by atoms with Gasteiger partial charge in [0.2, 0.25) is 0 Å². The molecule has 1 heterocycles. The van der Waals surface area contributed by atoms with Gasteiger partial charge in [-0.2, -0.15) is 0 Å². The number of cyclic esters (lactones) is 2. The quantitative estimate of drug-likeness (QED) is 0.392. The number of rotatable bonds is 4. The topological polar surface area (TPSA) is 43.4 Å². The maximum absolute atomic E-state index is 11.2. The van der Waals surface area contributed by atoms with Crippen molar-refractivity contribution in [1.29, 1.82) is 0 Å². The molecule has 1 rings (SSSR count). The second kappa shape index (κ2) is 4.94. The van der Waals surface area contributed by atoms with Crippen molar-refractivity contribution in [2.24, 2.45) is 11.8 Å². The second-order valence-electron chi connectivity index (χ2n) is 3.68. The molecule has 0 saturated carbocycles. The molecule has 14 heavy (non-hydrogen) atoms. The molecule has 0 N–H and O–H groups in total. The summed E-state index contributed by atoms with van der Waals surface area (Å²) in [4.78, 5) is 22.0. The molecule has 0 spiro atoms. The molecular weight excluding hydrogens is 180 g/mol. The van der Waals surface area contributed by atoms with Crippen molar-refractivity contribution >= 4 is 11.9 Å². The van der Waals surface area contributed by atoms with Crippen LogP contribution in [0.4, 0.5) is 0 Å². The van der Waals surface area contributed by atoms with Crippen LogP contribution in [0.5, 0.6) is 0 Å². The Balaban J connectivity index is 2.48. The average molecular weight is 196 g/mol. The molecule has 1 fully saturated rings. The molecule has 2 atom stereocenters. The maximum Gasteiger partial charge on any atom is 0.317 e. The van der Waals surface area contributed by atoms with E-state index in [4.69, 9.17) is 0 Å². The summed E-state index contributed by atoms with van der Waals surface area (Å²) in [5.41, 5.74) is 0. The van der Waals surface area contributed by atoms with Crippen LogP contribution in [0.25, 0.3) is 0 Å². The Labute approximate surface area is 84.1 Å². The van der Waals surface area contributed by atoms with E-state index >= 15 is 0 Å². The summed E-state index contributed by atoms with van der Waals surface area (Å²) >= 11 is 0. The fourth-order valence-electron chi connectivity index (χ4n) is 1.50. The van der Waals surface area contributed by atoms with Gasteiger partial charge in [-0.25, -0.2) is 0 Å². The van der Waals surface area contributed by atoms with Gasteiger partial charge in [-0.15, -0.1) is 0 Å². The van der Waals surface area contributed by atoms with Gasteiger partial charge in [0.15, 0.2) is 0 Å². The molecule has 3 nitrogen and oxygen atoms in total. The van der Waals surface area contributed by atoms with E-state index in [1.807, 2.05) is 13.0 Å². The molecule has 0 aromatic heterocycles. The second-order valence-corrected chi connectivity index (χ2v) is 3.68. The average Bonchev–Trinajstić information content (AvgIpc) is 2.45. The lowest BCUT2D eigenvalue weighted by Crippen LogP contribution is -2.14. The summed E-state index contributed by atoms with van der Waals surface area (Å²) in [7, 11) is 0. The summed E-state index contributed by atoms with van der Waals surface area (Å²) in [5.74, 6) is -0.935. The van der Waals surface area contributed by atoms with E-state index in [-0.39, 0.29) is 24.2 Å². The number of hydrogen-bond acceptors (Lipinski definition) is 3. The van der Waals surface area contributed by atoms with E-state index in [2.05, 4.69) is 17.7 Å². The fraction of sp³-hybridized carbons (Fsp3) is 0.636. The minimum absolute atomic E-state index is 0.0977. The zero-order valence-corrected chi connectivity index (χ0v) is 8.66. The first kappa shape index (κ1) is 11.0. The highest BCUT2D eigenvalue weighted by atomic mass is 16.6. The highest BCUT2D eigenvalue weighted by molar-refractivity contribution is 5.94. The predicted molar refractivity (Wildman–Crippen MR) is 52.4 cm³/mol. The summed E-state index contributed by atoms with van der Waals surface area (Å²) in [6.45, 7) is 4.04. The lowest BCUT2D eigenvalue weighted by Gasteiger charge is -2.09. The maximum atomic E-state index is 11.2. The normalized spacial score (nSPS) is 24.3. The third-order valence-electron chi connectivity index (χ3n) is 2.43. The number of hydrogen-bond donors (Lipinski definition) is 0. The largest absolute Gasteiger partial charge is 0.393 e. The number of allylic oxidation sites excluding steroid dienone is 2. The van der Waals surface area contributed by atoms with Gasteiger partial charge in [0, 0.05) is 0 Å². The lowest BCUT2D eigenvalue weighted by molar-refractivity contribution is -0.153. The first-order chi connectivity index (χ1) is 6.65. The van der Waals surface area contributed by atoms with Crippen molar-refractivity contribution in [3.8, 4) is 0 Å². The Morgan fingerprint density at radius 1 is 1.57 bits per heavy atom. The van der Waals surface area contributed by atoms with Crippen molar-refractivity contribution in [3.05, 3.63) is 12.2 Å². The van der Waals surface area contributed by atoms with Gasteiger partial charge in [-0.3, -0.25) is 9.59 Å². The van der Waals surface area contributed by atoms with E-state index in [0.717, 1.165) is 12.8 Å². The molecule has 0 aromatic rings. The summed E-state index contributed by atoms with van der Waals surface area (Å²) in [5, 5.41) is 0. The van der Waals surface area contributed by atoms with E-state index in [1.165, 1.54) is 0 Å². The Bertz CT molecular complexity index is 255. The summed E-state index contributed by atoms with van der Waals surface area (Å²) in [6.07, 6.45) is 6.39. The van der Waals surface area contributed by atoms with E-state index < -0.39 is 5.97 Å². The lowest BCUT2D eigenvalue weighted by atomic mass is 9.92. The third kappa shape index (κ3) is 2.69. The van der Waals surface area contributed by atoms with Gasteiger partial charge in [0.25, 0.3) is 0 Å². The molecular formula is C11H16O3. The molecule has 1 aliphatic rings. The fourth-order valence-corrected chi connectivity index (χ4v) is 1.50. The van der Waals surface area contributed by atoms with Gasteiger partial charge < -0.3 is 4.74 Å². The van der Waals surface area contributed by atoms with Crippen molar-refractivity contribution < 1.29 is 14.3 Å². The molecule has 0 bridgehead atoms. The molecule has 2 unspecified atom stereocenters. The minimum atomic E-state index is -0.393. The van der Waals surface area contributed by atoms with Crippen LogP contribution < -0.4 is 0 Å². The summed E-state index contributed by atoms with van der Waals surface area (Å²) < 4.78 is 4.49. The van der Waals surface area contributed by atoms with Crippen LogP contribution in [-0.4, -0.2) is 11.9 Å². The molecule has 1 aliphatic heterocycles. The monoisotopic (exact) mass is 196 g/mol. The highest BCUT2D eigenvalue weighted by Gasteiger charge is 2.36. The van der Waals surface area contributed by atoms with E-state index in [1.54, 1.807) is 0 Å². The minimum Gasteiger partial charge on any atom is -0.393 e. The van der Waals surface area contributed by atoms with E-state index in [9.17, 15) is 9.59 Å². The number of carbonyl (C=O) groups excluding carboxylic acids is 2. The van der Waals surface area contributed by atoms with Crippen LogP contribution in [0.1, 0.15) is 33.1 Å². The SMILES string of the molecule is CCC/C=C/C(C)C1CC(=O)OC1=O. The van der Waals surface area contributed by atoms with Gasteiger partial charge in [0.05, 0.1) is 12.3 Å². The van der Waals surface area contributed by atoms with Crippen molar-refractivity contribution in [1.82, 2.24) is 0 Å². The molecule has 0 radical (unpaired) electrons. The van der Waals surface area contributed by atoms with Crippen LogP contribution in [0, 0.1) is 11.8 Å². The summed E-state index contributed by atoms with van der Waals surface area (Å²) in [6, 6.07) is 0. The Kier molecular flexibility index (Phi) is 3.86. The Morgan fingerprint density at radius 2 is 2.29 bits per heavy atom. The zero-order valence-electron chi connectivity index (χ0n) is 8.66. The third-order valence-corrected chi connectivity index (χ3v) is 2.43. The number of carbonyl (C=O) groups is 2. The van der Waals surface area contributed by atoms with Crippen molar-refractivity contribution in [2.75, 3.05) is 0 Å². The van der Waals surface area contributed by atoms with Crippen LogP contribution in [0.3, 0.4) is 0 Å². The van der Waals surface area contributed by atoms with Crippen LogP contribution in [0.2, 0.25) is 0 Å². The smallest absolute Gasteiger partial charge is 0.317 e. The van der Waals surface area contributed by atoms with Gasteiger partial charge >= 0.3 is 11.9 Å². The molecule has 0 aromatic carbocycles. The first-order valence-electron chi connectivity index (χ1n) is 5.06. The molecule has 78 valence electrons. The van der Waals surface area contributed by atoms with Crippen LogP contribution in [-0.2, 0) is 14.3 Å². The number of ether oxygens (including phenoxy) is 1. The standard InChI is InChI=1S/C11H16O3/c1-3-4-5-6-8(2)9-7-10(12)14-11(9)13/h5-6,8-9H,3-4,7H2,1-2H3/b6-5+. The van der Waals surface area contributed by atoms with E-state index in [0.29, 0.717) is 0 Å². The number of unbranched alkanes of at least 4 members (excludes halogenated alkanes) is 1. The molecule has 0 aliphatic carbocycles. The predicted octanol–water partition coefficient (Wildman–Crippen LogP) is 2.07. The van der Waals surface area contributed by atoms with Gasteiger partial charge in [0.1, 0.15) is 0 Å². The first-order valence-corrected chi connectivity index (χ1v) is 5.06. The van der Waals surface area contributed by atoms with Gasteiger partial charge in [-0.1, -0.05) is 32.4 Å². The van der Waals surface area contributed by atoms with Gasteiger partial charge in [-0.05, 0) is 12.3 Å². The number of esters is 2. The Hall–Kier alpha value is -1.12. The Morgan fingerprint density at radius 3 is 2.79 bits per heavy atom. The van der Waals surface area contributed by atoms with Crippen molar-refractivity contribution in [2.45, 2.75) is 33.1 Å². The molecule has 3 heteroatoms. The van der Waals surface area contributed by atoms with Crippen molar-refractivity contribution in [3.63, 3.8) is 0 Å². The molecule has 0 amide bonds. The van der Waals surface area contributed by atoms with Crippen LogP contribution in [0.15, 0.2) is 12.2 Å². The van der Waals surface area contributed by atoms with Crippen LogP contribution >= 0.6 is 0 Å². The highest BCUT2D eigenvalue weighted by Crippen LogP contribution is 2.25.